The molecule has 21 heavy (non-hydrogen) atoms. The van der Waals surface area contributed by atoms with E-state index in [0.29, 0.717) is 0 Å². The molecule has 0 radical (unpaired) electrons. The minimum absolute atomic E-state index is 0.0116. The molecule has 122 valence electrons. The number of carboxylic acids is 1. The van der Waals surface area contributed by atoms with E-state index in [4.69, 9.17) is 5.11 Å². The Hall–Kier alpha value is -1.26. The monoisotopic (exact) mass is 298 g/mol. The molecule has 0 bridgehead atoms. The number of carbonyl (C=O) groups excluding carboxylic acids is 1. The number of hydrogen-bond donors (Lipinski definition) is 1. The van der Waals surface area contributed by atoms with Crippen molar-refractivity contribution in [1.82, 2.24) is 9.80 Å². The van der Waals surface area contributed by atoms with Gasteiger partial charge in [0.2, 0.25) is 0 Å². The van der Waals surface area contributed by atoms with Crippen molar-refractivity contribution in [3.63, 3.8) is 0 Å². The third-order valence-electron chi connectivity index (χ3n) is 4.20. The highest BCUT2D eigenvalue weighted by molar-refractivity contribution is 5.76. The molecule has 0 aliphatic carbocycles. The Kier molecular flexibility index (Phi) is 5.65. The maximum Gasteiger partial charge on any atom is 0.320 e. The van der Waals surface area contributed by atoms with Gasteiger partial charge in [-0.1, -0.05) is 13.8 Å². The van der Waals surface area contributed by atoms with Crippen LogP contribution in [0.25, 0.3) is 0 Å². The van der Waals surface area contributed by atoms with Gasteiger partial charge in [-0.15, -0.1) is 0 Å². The molecule has 0 unspecified atom stereocenters. The molecule has 1 aliphatic rings. The predicted molar refractivity (Wildman–Crippen MR) is 83.3 cm³/mol. The van der Waals surface area contributed by atoms with Gasteiger partial charge in [-0.05, 0) is 45.4 Å². The Balaban J connectivity index is 2.77. The first-order chi connectivity index (χ1) is 9.53. The van der Waals surface area contributed by atoms with Crippen LogP contribution in [-0.2, 0) is 4.79 Å². The third-order valence-corrected chi connectivity index (χ3v) is 4.20. The fourth-order valence-corrected chi connectivity index (χ4v) is 2.71. The normalized spacial score (nSPS) is 19.0. The summed E-state index contributed by atoms with van der Waals surface area (Å²) < 4.78 is 0. The average molecular weight is 298 g/mol. The summed E-state index contributed by atoms with van der Waals surface area (Å²) in [6.45, 7) is 12.1. The highest BCUT2D eigenvalue weighted by Gasteiger charge is 2.32. The van der Waals surface area contributed by atoms with E-state index in [9.17, 15) is 9.59 Å². The molecule has 1 rings (SSSR count). The quantitative estimate of drug-likeness (QED) is 0.870. The molecule has 0 atom stereocenters. The van der Waals surface area contributed by atoms with Gasteiger partial charge in [0.1, 0.15) is 0 Å². The molecular formula is C16H30N2O3. The molecule has 0 spiro atoms. The minimum Gasteiger partial charge on any atom is -0.481 e. The molecule has 0 aromatic rings. The molecule has 2 amide bonds. The molecule has 0 aromatic heterocycles. The van der Waals surface area contributed by atoms with Crippen LogP contribution in [0.1, 0.15) is 60.3 Å². The van der Waals surface area contributed by atoms with Crippen LogP contribution in [0.5, 0.6) is 0 Å². The van der Waals surface area contributed by atoms with E-state index in [1.54, 1.807) is 4.90 Å². The van der Waals surface area contributed by atoms with Crippen LogP contribution in [0.4, 0.5) is 4.79 Å². The zero-order chi connectivity index (χ0) is 16.3. The van der Waals surface area contributed by atoms with E-state index >= 15 is 0 Å². The number of carboxylic acid groups (broad SMARTS) is 1. The summed E-state index contributed by atoms with van der Waals surface area (Å²) in [7, 11) is 0. The lowest BCUT2D eigenvalue weighted by Gasteiger charge is -2.39. The van der Waals surface area contributed by atoms with Crippen molar-refractivity contribution >= 4 is 12.0 Å². The second-order valence-electron chi connectivity index (χ2n) is 7.75. The number of rotatable bonds is 3. The number of aliphatic carboxylic acids is 1. The van der Waals surface area contributed by atoms with Gasteiger partial charge in [-0.2, -0.15) is 0 Å². The number of hydrogen-bond acceptors (Lipinski definition) is 2. The number of urea groups is 1. The van der Waals surface area contributed by atoms with Crippen LogP contribution in [0, 0.1) is 5.41 Å². The molecule has 1 saturated heterocycles. The molecule has 5 nitrogen and oxygen atoms in total. The zero-order valence-corrected chi connectivity index (χ0v) is 14.1. The second kappa shape index (κ2) is 6.67. The van der Waals surface area contributed by atoms with Crippen LogP contribution in [-0.4, -0.2) is 52.1 Å². The minimum atomic E-state index is -0.867. The van der Waals surface area contributed by atoms with Crippen LogP contribution >= 0.6 is 0 Å². The maximum absolute atomic E-state index is 12.8. The van der Waals surface area contributed by atoms with Gasteiger partial charge in [0, 0.05) is 25.2 Å². The summed E-state index contributed by atoms with van der Waals surface area (Å²) in [6.07, 6.45) is 3.12. The fourth-order valence-electron chi connectivity index (χ4n) is 2.71. The molecule has 1 N–H and O–H groups in total. The first-order valence-corrected chi connectivity index (χ1v) is 7.81. The number of carbonyl (C=O) groups is 2. The average Bonchev–Trinajstić information content (AvgIpc) is 2.48. The van der Waals surface area contributed by atoms with Crippen molar-refractivity contribution in [2.24, 2.45) is 5.41 Å². The smallest absolute Gasteiger partial charge is 0.320 e. The van der Waals surface area contributed by atoms with Crippen LogP contribution < -0.4 is 0 Å². The first-order valence-electron chi connectivity index (χ1n) is 7.81. The van der Waals surface area contributed by atoms with Gasteiger partial charge >= 0.3 is 12.0 Å². The van der Waals surface area contributed by atoms with E-state index in [2.05, 4.69) is 13.8 Å². The van der Waals surface area contributed by atoms with Gasteiger partial charge in [0.15, 0.2) is 0 Å². The van der Waals surface area contributed by atoms with Crippen LogP contribution in [0.15, 0.2) is 0 Å². The highest BCUT2D eigenvalue weighted by Crippen LogP contribution is 2.30. The Morgan fingerprint density at radius 2 is 1.81 bits per heavy atom. The Bertz CT molecular complexity index is 385. The van der Waals surface area contributed by atoms with E-state index in [1.165, 1.54) is 0 Å². The fraction of sp³-hybridized carbons (Fsp3) is 0.875. The zero-order valence-electron chi connectivity index (χ0n) is 14.1. The second-order valence-corrected chi connectivity index (χ2v) is 7.75. The molecule has 5 heteroatoms. The largest absolute Gasteiger partial charge is 0.481 e. The summed E-state index contributed by atoms with van der Waals surface area (Å²) >= 11 is 0. The molecular weight excluding hydrogens is 268 g/mol. The van der Waals surface area contributed by atoms with Gasteiger partial charge < -0.3 is 14.9 Å². The van der Waals surface area contributed by atoms with Gasteiger partial charge in [0.05, 0.1) is 6.42 Å². The Morgan fingerprint density at radius 1 is 1.19 bits per heavy atom. The third kappa shape index (κ3) is 5.56. The summed E-state index contributed by atoms with van der Waals surface area (Å²) in [5.74, 6) is -0.867. The molecule has 1 heterocycles. The summed E-state index contributed by atoms with van der Waals surface area (Å²) in [6, 6.07) is -0.0264. The van der Waals surface area contributed by atoms with Gasteiger partial charge in [0.25, 0.3) is 0 Å². The predicted octanol–water partition coefficient (Wildman–Crippen LogP) is 3.19. The molecule has 0 aromatic carbocycles. The lowest BCUT2D eigenvalue weighted by atomic mass is 9.85. The molecule has 1 fully saturated rings. The number of nitrogens with zero attached hydrogens (tertiary/aromatic N) is 2. The Labute approximate surface area is 128 Å². The summed E-state index contributed by atoms with van der Waals surface area (Å²) in [4.78, 5) is 27.2. The summed E-state index contributed by atoms with van der Waals surface area (Å²) in [5.41, 5.74) is -0.0863. The topological polar surface area (TPSA) is 60.9 Å². The van der Waals surface area contributed by atoms with Crippen molar-refractivity contribution in [2.45, 2.75) is 65.8 Å². The van der Waals surface area contributed by atoms with Crippen LogP contribution in [0.2, 0.25) is 0 Å². The standard InChI is InChI=1S/C16H30N2O3/c1-15(2,3)18(11-7-13(19)20)14(21)17-10-6-8-16(4,5)9-12-17/h6-12H2,1-5H3,(H,19,20). The first kappa shape index (κ1) is 17.8. The SMILES string of the molecule is CC1(C)CCCN(C(=O)N(CCC(=O)O)C(C)(C)C)CC1. The van der Waals surface area contributed by atoms with E-state index in [1.807, 2.05) is 25.7 Å². The number of likely N-dealkylation sites (tertiary alicyclic amines) is 1. The highest BCUT2D eigenvalue weighted by atomic mass is 16.4. The lowest BCUT2D eigenvalue weighted by molar-refractivity contribution is -0.137. The van der Waals surface area contributed by atoms with E-state index in [0.717, 1.165) is 32.4 Å². The van der Waals surface area contributed by atoms with Crippen molar-refractivity contribution in [3.8, 4) is 0 Å². The van der Waals surface area contributed by atoms with Gasteiger partial charge in [-0.3, -0.25) is 4.79 Å². The van der Waals surface area contributed by atoms with Crippen molar-refractivity contribution in [2.75, 3.05) is 19.6 Å². The Morgan fingerprint density at radius 3 is 2.33 bits per heavy atom. The summed E-state index contributed by atoms with van der Waals surface area (Å²) in [5, 5.41) is 8.88. The van der Waals surface area contributed by atoms with E-state index < -0.39 is 5.97 Å². The lowest BCUT2D eigenvalue weighted by Crippen LogP contribution is -2.52. The number of amides is 2. The van der Waals surface area contributed by atoms with Gasteiger partial charge in [-0.25, -0.2) is 4.79 Å². The van der Waals surface area contributed by atoms with Crippen molar-refractivity contribution < 1.29 is 14.7 Å². The molecule has 0 saturated carbocycles. The van der Waals surface area contributed by atoms with E-state index in [-0.39, 0.29) is 30.0 Å². The molecule has 1 aliphatic heterocycles. The van der Waals surface area contributed by atoms with Crippen molar-refractivity contribution in [3.05, 3.63) is 0 Å². The van der Waals surface area contributed by atoms with Crippen LogP contribution in [0.3, 0.4) is 0 Å². The maximum atomic E-state index is 12.8. The van der Waals surface area contributed by atoms with Crippen molar-refractivity contribution in [1.29, 1.82) is 0 Å².